The zero-order chi connectivity index (χ0) is 17.6. The number of nitrogens with zero attached hydrogens (tertiary/aromatic N) is 3. The van der Waals surface area contributed by atoms with E-state index in [-0.39, 0.29) is 16.9 Å². The van der Waals surface area contributed by atoms with Gasteiger partial charge < -0.3 is 9.88 Å². The van der Waals surface area contributed by atoms with Gasteiger partial charge in [-0.2, -0.15) is 5.10 Å². The summed E-state index contributed by atoms with van der Waals surface area (Å²) in [5, 5.41) is 7.52. The molecule has 1 amide bonds. The van der Waals surface area contributed by atoms with E-state index in [9.17, 15) is 9.59 Å². The highest BCUT2D eigenvalue weighted by atomic mass is 16.2. The molecule has 1 N–H and O–H groups in total. The molecule has 0 saturated heterocycles. The molecule has 1 aliphatic carbocycles. The lowest BCUT2D eigenvalue weighted by molar-refractivity contribution is 0.0949. The highest BCUT2D eigenvalue weighted by Crippen LogP contribution is 2.32. The van der Waals surface area contributed by atoms with Crippen LogP contribution in [0, 0.1) is 0 Å². The number of hydrogen-bond acceptors (Lipinski definition) is 3. The molecule has 3 aromatic rings. The number of benzene rings is 1. The Morgan fingerprint density at radius 3 is 2.96 bits per heavy atom. The Morgan fingerprint density at radius 2 is 2.12 bits per heavy atom. The van der Waals surface area contributed by atoms with Crippen LogP contribution in [-0.2, 0) is 20.5 Å². The van der Waals surface area contributed by atoms with E-state index >= 15 is 0 Å². The van der Waals surface area contributed by atoms with E-state index in [1.165, 1.54) is 17.3 Å². The number of carbonyl (C=O) groups is 1. The number of rotatable bonds is 3. The number of pyridine rings is 1. The van der Waals surface area contributed by atoms with Crippen molar-refractivity contribution in [3.8, 4) is 0 Å². The summed E-state index contributed by atoms with van der Waals surface area (Å²) in [5.41, 5.74) is 3.25. The second-order valence-corrected chi connectivity index (χ2v) is 6.63. The van der Waals surface area contributed by atoms with Gasteiger partial charge in [0.05, 0.1) is 11.6 Å². The number of aryl methyl sites for hydroxylation is 3. The zero-order valence-corrected chi connectivity index (χ0v) is 14.3. The van der Waals surface area contributed by atoms with Gasteiger partial charge in [-0.3, -0.25) is 14.3 Å². The van der Waals surface area contributed by atoms with Crippen molar-refractivity contribution in [2.45, 2.75) is 18.8 Å². The lowest BCUT2D eigenvalue weighted by Gasteiger charge is -2.13. The Bertz CT molecular complexity index is 1030. The molecule has 4 rings (SSSR count). The van der Waals surface area contributed by atoms with Crippen molar-refractivity contribution in [3.05, 3.63) is 63.6 Å². The fraction of sp³-hybridized carbons (Fsp3) is 0.316. The number of nitrogens with one attached hydrogen (secondary N) is 1. The third-order valence-corrected chi connectivity index (χ3v) is 5.06. The van der Waals surface area contributed by atoms with Gasteiger partial charge in [0.15, 0.2) is 0 Å². The molecule has 1 unspecified atom stereocenters. The first-order chi connectivity index (χ1) is 12.1. The normalized spacial score (nSPS) is 16.2. The second-order valence-electron chi connectivity index (χ2n) is 6.63. The van der Waals surface area contributed by atoms with Gasteiger partial charge in [-0.25, -0.2) is 0 Å². The number of carbonyl (C=O) groups excluding carboxylic acids is 1. The minimum Gasteiger partial charge on any atom is -0.351 e. The van der Waals surface area contributed by atoms with Gasteiger partial charge >= 0.3 is 0 Å². The molecule has 0 fully saturated rings. The lowest BCUT2D eigenvalue weighted by atomic mass is 10.0. The van der Waals surface area contributed by atoms with E-state index in [0.29, 0.717) is 23.5 Å². The topological polar surface area (TPSA) is 68.9 Å². The maximum absolute atomic E-state index is 12.6. The van der Waals surface area contributed by atoms with Crippen molar-refractivity contribution in [2.75, 3.05) is 6.54 Å². The summed E-state index contributed by atoms with van der Waals surface area (Å²) in [6.45, 7) is 0.546. The number of hydrogen-bond donors (Lipinski definition) is 1. The third-order valence-electron chi connectivity index (χ3n) is 5.06. The van der Waals surface area contributed by atoms with Crippen LogP contribution in [0.25, 0.3) is 11.0 Å². The average molecular weight is 336 g/mol. The SMILES string of the molecule is Cn1cc(C(=O)NCC2CCc3ccccc32)c(=O)c2cnn(C)c21. The van der Waals surface area contributed by atoms with E-state index in [1.807, 2.05) is 19.2 Å². The number of fused-ring (bicyclic) bond motifs is 2. The number of amides is 1. The van der Waals surface area contributed by atoms with Crippen molar-refractivity contribution in [1.82, 2.24) is 19.7 Å². The smallest absolute Gasteiger partial charge is 0.256 e. The molecule has 128 valence electrons. The van der Waals surface area contributed by atoms with Crippen LogP contribution < -0.4 is 10.7 Å². The van der Waals surface area contributed by atoms with Crippen LogP contribution in [0.3, 0.4) is 0 Å². The molecule has 1 atom stereocenters. The maximum Gasteiger partial charge on any atom is 0.256 e. The Kier molecular flexibility index (Phi) is 3.67. The van der Waals surface area contributed by atoms with Crippen molar-refractivity contribution < 1.29 is 4.79 Å². The molecule has 0 bridgehead atoms. The monoisotopic (exact) mass is 336 g/mol. The molecule has 6 heteroatoms. The molecule has 0 radical (unpaired) electrons. The lowest BCUT2D eigenvalue weighted by Crippen LogP contribution is -2.32. The molecule has 1 aliphatic rings. The van der Waals surface area contributed by atoms with Gasteiger partial charge in [-0.05, 0) is 24.0 Å². The first-order valence-corrected chi connectivity index (χ1v) is 8.43. The van der Waals surface area contributed by atoms with Crippen LogP contribution in [0.5, 0.6) is 0 Å². The molecular weight excluding hydrogens is 316 g/mol. The van der Waals surface area contributed by atoms with Crippen LogP contribution in [0.15, 0.2) is 41.5 Å². The fourth-order valence-corrected chi connectivity index (χ4v) is 3.80. The van der Waals surface area contributed by atoms with Gasteiger partial charge in [0.2, 0.25) is 5.43 Å². The van der Waals surface area contributed by atoms with E-state index < -0.39 is 0 Å². The van der Waals surface area contributed by atoms with Gasteiger partial charge in [0.25, 0.3) is 5.91 Å². The maximum atomic E-state index is 12.6. The molecule has 0 spiro atoms. The molecule has 2 aromatic heterocycles. The van der Waals surface area contributed by atoms with Crippen LogP contribution in [0.4, 0.5) is 0 Å². The zero-order valence-electron chi connectivity index (χ0n) is 14.3. The minimum absolute atomic E-state index is 0.161. The van der Waals surface area contributed by atoms with Crippen LogP contribution in [-0.4, -0.2) is 26.8 Å². The second kappa shape index (κ2) is 5.88. The van der Waals surface area contributed by atoms with Gasteiger partial charge in [0, 0.05) is 32.8 Å². The van der Waals surface area contributed by atoms with Gasteiger partial charge in [0.1, 0.15) is 11.2 Å². The molecule has 2 heterocycles. The summed E-state index contributed by atoms with van der Waals surface area (Å²) in [4.78, 5) is 25.2. The fourth-order valence-electron chi connectivity index (χ4n) is 3.80. The Labute approximate surface area is 145 Å². The van der Waals surface area contributed by atoms with Gasteiger partial charge in [-0.1, -0.05) is 24.3 Å². The average Bonchev–Trinajstić information content (AvgIpc) is 3.20. The standard InChI is InChI=1S/C19H20N4O2/c1-22-11-16(17(24)15-10-21-23(2)19(15)22)18(25)20-9-13-8-7-12-5-3-4-6-14(12)13/h3-6,10-11,13H,7-9H2,1-2H3,(H,20,25). The van der Waals surface area contributed by atoms with E-state index in [0.717, 1.165) is 12.8 Å². The van der Waals surface area contributed by atoms with Crippen LogP contribution in [0.2, 0.25) is 0 Å². The highest BCUT2D eigenvalue weighted by Gasteiger charge is 2.23. The highest BCUT2D eigenvalue weighted by molar-refractivity contribution is 5.96. The summed E-state index contributed by atoms with van der Waals surface area (Å²) < 4.78 is 3.40. The molecule has 0 saturated carbocycles. The minimum atomic E-state index is -0.323. The predicted octanol–water partition coefficient (Wildman–Crippen LogP) is 1.73. The summed E-state index contributed by atoms with van der Waals surface area (Å²) in [7, 11) is 3.59. The Balaban J connectivity index is 1.57. The molecule has 25 heavy (non-hydrogen) atoms. The van der Waals surface area contributed by atoms with Crippen LogP contribution >= 0.6 is 0 Å². The van der Waals surface area contributed by atoms with Crippen molar-refractivity contribution in [2.24, 2.45) is 14.1 Å². The molecule has 6 nitrogen and oxygen atoms in total. The van der Waals surface area contributed by atoms with Crippen LogP contribution in [0.1, 0.15) is 33.8 Å². The third kappa shape index (κ3) is 2.54. The largest absolute Gasteiger partial charge is 0.351 e. The van der Waals surface area contributed by atoms with Crippen molar-refractivity contribution in [3.63, 3.8) is 0 Å². The number of aromatic nitrogens is 3. The molecule has 0 aliphatic heterocycles. The summed E-state index contributed by atoms with van der Waals surface area (Å²) in [5.74, 6) is -0.0122. The van der Waals surface area contributed by atoms with Crippen molar-refractivity contribution >= 4 is 16.9 Å². The molecular formula is C19H20N4O2. The van der Waals surface area contributed by atoms with E-state index in [4.69, 9.17) is 0 Å². The van der Waals surface area contributed by atoms with Gasteiger partial charge in [-0.15, -0.1) is 0 Å². The first-order valence-electron chi connectivity index (χ1n) is 8.43. The Hall–Kier alpha value is -2.89. The van der Waals surface area contributed by atoms with E-state index in [1.54, 1.807) is 22.5 Å². The predicted molar refractivity (Wildman–Crippen MR) is 95.8 cm³/mol. The first kappa shape index (κ1) is 15.6. The quantitative estimate of drug-likeness (QED) is 0.792. The summed E-state index contributed by atoms with van der Waals surface area (Å²) >= 11 is 0. The summed E-state index contributed by atoms with van der Waals surface area (Å²) in [6, 6.07) is 8.35. The van der Waals surface area contributed by atoms with Crippen molar-refractivity contribution in [1.29, 1.82) is 0 Å². The Morgan fingerprint density at radius 1 is 1.32 bits per heavy atom. The van der Waals surface area contributed by atoms with E-state index in [2.05, 4.69) is 22.5 Å². The summed E-state index contributed by atoms with van der Waals surface area (Å²) in [6.07, 6.45) is 5.17. The molecule has 1 aromatic carbocycles.